The molecule has 0 amide bonds. The van der Waals surface area contributed by atoms with E-state index >= 15 is 0 Å². The van der Waals surface area contributed by atoms with Gasteiger partial charge in [-0.1, -0.05) is 0 Å². The standard InChI is InChI=1S/C12H12N4O3/c17-12-8-4-11(16(18)19)10(15-7-2-1-3-7)5-9(8)13-6-14-12/h4-7,15H,1-3H2,(H,13,14,17). The summed E-state index contributed by atoms with van der Waals surface area (Å²) in [5.41, 5.74) is 0.428. The Bertz CT molecular complexity index is 706. The van der Waals surface area contributed by atoms with E-state index in [0.717, 1.165) is 19.3 Å². The molecule has 1 aromatic carbocycles. The zero-order chi connectivity index (χ0) is 13.4. The first-order valence-electron chi connectivity index (χ1n) is 6.07. The number of anilines is 1. The molecule has 7 nitrogen and oxygen atoms in total. The molecule has 0 atom stereocenters. The number of aromatic amines is 1. The van der Waals surface area contributed by atoms with Crippen molar-refractivity contribution >= 4 is 22.3 Å². The van der Waals surface area contributed by atoms with Crippen LogP contribution in [0.5, 0.6) is 0 Å². The lowest BCUT2D eigenvalue weighted by atomic mass is 9.93. The summed E-state index contributed by atoms with van der Waals surface area (Å²) in [6.45, 7) is 0. The van der Waals surface area contributed by atoms with Crippen molar-refractivity contribution in [1.82, 2.24) is 9.97 Å². The number of nitro benzene ring substituents is 1. The lowest BCUT2D eigenvalue weighted by Gasteiger charge is -2.27. The lowest BCUT2D eigenvalue weighted by molar-refractivity contribution is -0.383. The number of H-pyrrole nitrogens is 1. The van der Waals surface area contributed by atoms with Gasteiger partial charge in [-0.05, 0) is 25.3 Å². The molecule has 1 aromatic heterocycles. The Labute approximate surface area is 107 Å². The summed E-state index contributed by atoms with van der Waals surface area (Å²) in [5.74, 6) is 0. The molecule has 2 N–H and O–H groups in total. The predicted molar refractivity (Wildman–Crippen MR) is 70.3 cm³/mol. The topological polar surface area (TPSA) is 101 Å². The molecule has 3 rings (SSSR count). The van der Waals surface area contributed by atoms with Crippen LogP contribution in [0.4, 0.5) is 11.4 Å². The molecular formula is C12H12N4O3. The van der Waals surface area contributed by atoms with Gasteiger partial charge in [0.15, 0.2) is 0 Å². The monoisotopic (exact) mass is 260 g/mol. The van der Waals surface area contributed by atoms with Crippen LogP contribution in [0.2, 0.25) is 0 Å². The Morgan fingerprint density at radius 3 is 2.84 bits per heavy atom. The molecule has 2 aromatic rings. The molecular weight excluding hydrogens is 248 g/mol. The first kappa shape index (κ1) is 11.6. The third kappa shape index (κ3) is 2.03. The molecule has 0 saturated heterocycles. The van der Waals surface area contributed by atoms with Crippen LogP contribution < -0.4 is 10.9 Å². The van der Waals surface area contributed by atoms with Crippen LogP contribution in [-0.4, -0.2) is 20.9 Å². The van der Waals surface area contributed by atoms with E-state index in [1.807, 2.05) is 0 Å². The SMILES string of the molecule is O=c1[nH]cnc2cc(NC3CCC3)c([N+](=O)[O-])cc12. The van der Waals surface area contributed by atoms with Gasteiger partial charge in [-0.3, -0.25) is 14.9 Å². The minimum atomic E-state index is -0.479. The molecule has 0 spiro atoms. The Morgan fingerprint density at radius 2 is 2.21 bits per heavy atom. The number of nitrogens with one attached hydrogen (secondary N) is 2. The van der Waals surface area contributed by atoms with Gasteiger partial charge < -0.3 is 10.3 Å². The number of fused-ring (bicyclic) bond motifs is 1. The Morgan fingerprint density at radius 1 is 1.42 bits per heavy atom. The molecule has 1 heterocycles. The fourth-order valence-corrected chi connectivity index (χ4v) is 2.14. The molecule has 19 heavy (non-hydrogen) atoms. The van der Waals surface area contributed by atoms with Gasteiger partial charge in [0.2, 0.25) is 0 Å². The number of hydrogen-bond acceptors (Lipinski definition) is 5. The van der Waals surface area contributed by atoms with E-state index in [1.165, 1.54) is 12.4 Å². The van der Waals surface area contributed by atoms with Gasteiger partial charge in [-0.15, -0.1) is 0 Å². The molecule has 0 aliphatic heterocycles. The number of benzene rings is 1. The quantitative estimate of drug-likeness (QED) is 0.647. The van der Waals surface area contributed by atoms with Gasteiger partial charge in [-0.25, -0.2) is 4.98 Å². The zero-order valence-electron chi connectivity index (χ0n) is 10.0. The molecule has 1 saturated carbocycles. The molecule has 98 valence electrons. The Hall–Kier alpha value is -2.44. The second kappa shape index (κ2) is 4.34. The maximum absolute atomic E-state index is 11.6. The minimum Gasteiger partial charge on any atom is -0.377 e. The molecule has 1 aliphatic carbocycles. The van der Waals surface area contributed by atoms with E-state index in [4.69, 9.17) is 0 Å². The van der Waals surface area contributed by atoms with E-state index in [-0.39, 0.29) is 22.7 Å². The highest BCUT2D eigenvalue weighted by Crippen LogP contribution is 2.31. The molecule has 7 heteroatoms. The van der Waals surface area contributed by atoms with Crippen molar-refractivity contribution in [2.24, 2.45) is 0 Å². The van der Waals surface area contributed by atoms with E-state index in [9.17, 15) is 14.9 Å². The summed E-state index contributed by atoms with van der Waals surface area (Å²) < 4.78 is 0. The average molecular weight is 260 g/mol. The normalized spacial score (nSPS) is 15.2. The van der Waals surface area contributed by atoms with Crippen LogP contribution in [0, 0.1) is 10.1 Å². The lowest BCUT2D eigenvalue weighted by Crippen LogP contribution is -2.27. The minimum absolute atomic E-state index is 0.0853. The van der Waals surface area contributed by atoms with Crippen molar-refractivity contribution in [3.63, 3.8) is 0 Å². The summed E-state index contributed by atoms with van der Waals surface area (Å²) in [5, 5.41) is 14.5. The highest BCUT2D eigenvalue weighted by Gasteiger charge is 2.23. The van der Waals surface area contributed by atoms with Crippen molar-refractivity contribution in [3.05, 3.63) is 38.9 Å². The number of rotatable bonds is 3. The van der Waals surface area contributed by atoms with Crippen LogP contribution in [0.1, 0.15) is 19.3 Å². The fourth-order valence-electron chi connectivity index (χ4n) is 2.14. The van der Waals surface area contributed by atoms with E-state index < -0.39 is 4.92 Å². The second-order valence-corrected chi connectivity index (χ2v) is 4.65. The van der Waals surface area contributed by atoms with Gasteiger partial charge in [0.05, 0.1) is 22.2 Å². The third-order valence-electron chi connectivity index (χ3n) is 3.42. The highest BCUT2D eigenvalue weighted by atomic mass is 16.6. The zero-order valence-corrected chi connectivity index (χ0v) is 10.0. The number of hydrogen-bond donors (Lipinski definition) is 2. The van der Waals surface area contributed by atoms with Gasteiger partial charge in [-0.2, -0.15) is 0 Å². The summed E-state index contributed by atoms with van der Waals surface area (Å²) in [4.78, 5) is 28.7. The van der Waals surface area contributed by atoms with Crippen LogP contribution >= 0.6 is 0 Å². The maximum atomic E-state index is 11.6. The first-order chi connectivity index (χ1) is 9.15. The summed E-state index contributed by atoms with van der Waals surface area (Å²) in [6.07, 6.45) is 4.45. The Kier molecular flexibility index (Phi) is 2.66. The number of aromatic nitrogens is 2. The van der Waals surface area contributed by atoms with E-state index in [1.54, 1.807) is 6.07 Å². The van der Waals surface area contributed by atoms with Gasteiger partial charge in [0.1, 0.15) is 5.69 Å². The summed E-state index contributed by atoms with van der Waals surface area (Å²) in [6, 6.07) is 3.13. The van der Waals surface area contributed by atoms with Crippen molar-refractivity contribution in [2.45, 2.75) is 25.3 Å². The smallest absolute Gasteiger partial charge is 0.293 e. The van der Waals surface area contributed by atoms with Gasteiger partial charge >= 0.3 is 0 Å². The molecule has 1 fully saturated rings. The molecule has 0 bridgehead atoms. The highest BCUT2D eigenvalue weighted by molar-refractivity contribution is 5.86. The maximum Gasteiger partial charge on any atom is 0.293 e. The number of nitrogens with zero attached hydrogens (tertiary/aromatic N) is 2. The molecule has 1 aliphatic rings. The van der Waals surface area contributed by atoms with Crippen molar-refractivity contribution < 1.29 is 4.92 Å². The van der Waals surface area contributed by atoms with Crippen molar-refractivity contribution in [1.29, 1.82) is 0 Å². The van der Waals surface area contributed by atoms with E-state index in [2.05, 4.69) is 15.3 Å². The fraction of sp³-hybridized carbons (Fsp3) is 0.333. The molecule has 0 unspecified atom stereocenters. The summed E-state index contributed by atoms with van der Waals surface area (Å²) >= 11 is 0. The average Bonchev–Trinajstić information content (AvgIpc) is 2.33. The van der Waals surface area contributed by atoms with E-state index in [0.29, 0.717) is 11.2 Å². The van der Waals surface area contributed by atoms with Gasteiger partial charge in [0.25, 0.3) is 11.2 Å². The predicted octanol–water partition coefficient (Wildman–Crippen LogP) is 1.80. The number of nitro groups is 1. The van der Waals surface area contributed by atoms with Crippen molar-refractivity contribution in [2.75, 3.05) is 5.32 Å². The van der Waals surface area contributed by atoms with Crippen molar-refractivity contribution in [3.8, 4) is 0 Å². The Balaban J connectivity index is 2.15. The molecule has 0 radical (unpaired) electrons. The van der Waals surface area contributed by atoms with Gasteiger partial charge in [0, 0.05) is 12.1 Å². The van der Waals surface area contributed by atoms with Crippen LogP contribution in [0.25, 0.3) is 10.9 Å². The van der Waals surface area contributed by atoms with Crippen LogP contribution in [0.3, 0.4) is 0 Å². The first-order valence-corrected chi connectivity index (χ1v) is 6.07. The summed E-state index contributed by atoms with van der Waals surface area (Å²) in [7, 11) is 0. The van der Waals surface area contributed by atoms with Crippen LogP contribution in [0.15, 0.2) is 23.3 Å². The van der Waals surface area contributed by atoms with Crippen LogP contribution in [-0.2, 0) is 0 Å². The largest absolute Gasteiger partial charge is 0.377 e. The second-order valence-electron chi connectivity index (χ2n) is 4.65. The third-order valence-corrected chi connectivity index (χ3v) is 3.42.